The van der Waals surface area contributed by atoms with Crippen molar-refractivity contribution in [2.45, 2.75) is 32.9 Å². The van der Waals surface area contributed by atoms with Crippen molar-refractivity contribution in [2.24, 2.45) is 0 Å². The molecule has 6 nitrogen and oxygen atoms in total. The highest BCUT2D eigenvalue weighted by Gasteiger charge is 2.08. The summed E-state index contributed by atoms with van der Waals surface area (Å²) in [5.74, 6) is 1.23. The van der Waals surface area contributed by atoms with Crippen molar-refractivity contribution in [2.75, 3.05) is 22.5 Å². The molecule has 3 rings (SSSR count). The van der Waals surface area contributed by atoms with Gasteiger partial charge >= 0.3 is 0 Å². The number of rotatable bonds is 9. The molecule has 0 unspecified atom stereocenters. The third-order valence-electron chi connectivity index (χ3n) is 3.96. The first-order valence-electron chi connectivity index (χ1n) is 9.37. The van der Waals surface area contributed by atoms with E-state index in [0.717, 1.165) is 12.0 Å². The Hall–Kier alpha value is -3.22. The summed E-state index contributed by atoms with van der Waals surface area (Å²) in [4.78, 5) is 13.3. The fraction of sp³-hybridized carbons (Fsp3) is 0.286. The summed E-state index contributed by atoms with van der Waals surface area (Å²) in [6.07, 6.45) is 0.873. The van der Waals surface area contributed by atoms with Crippen molar-refractivity contribution in [3.8, 4) is 0 Å². The maximum absolute atomic E-state index is 13.0. The molecule has 0 amide bonds. The van der Waals surface area contributed by atoms with Crippen LogP contribution in [0.4, 0.5) is 22.2 Å². The van der Waals surface area contributed by atoms with E-state index in [1.807, 2.05) is 32.0 Å². The van der Waals surface area contributed by atoms with Crippen LogP contribution in [0.2, 0.25) is 0 Å². The Kier molecular flexibility index (Phi) is 6.73. The number of halogens is 1. The van der Waals surface area contributed by atoms with Gasteiger partial charge in [0, 0.05) is 19.1 Å². The molecule has 0 fully saturated rings. The van der Waals surface area contributed by atoms with Crippen molar-refractivity contribution in [1.82, 2.24) is 15.0 Å². The molecule has 1 heterocycles. The first-order chi connectivity index (χ1) is 13.6. The van der Waals surface area contributed by atoms with Gasteiger partial charge < -0.3 is 16.0 Å². The number of benzene rings is 2. The predicted octanol–water partition coefficient (Wildman–Crippen LogP) is 4.10. The van der Waals surface area contributed by atoms with Crippen LogP contribution in [-0.2, 0) is 13.0 Å². The maximum atomic E-state index is 13.0. The van der Waals surface area contributed by atoms with E-state index in [1.54, 1.807) is 12.1 Å². The minimum absolute atomic E-state index is 0.199. The zero-order valence-electron chi connectivity index (χ0n) is 16.1. The third-order valence-corrected chi connectivity index (χ3v) is 3.96. The quantitative estimate of drug-likeness (QED) is 0.519. The van der Waals surface area contributed by atoms with Crippen molar-refractivity contribution in [1.29, 1.82) is 0 Å². The molecule has 0 bridgehead atoms. The molecule has 0 spiro atoms. The van der Waals surface area contributed by atoms with Gasteiger partial charge in [-0.05, 0) is 43.5 Å². The molecule has 1 aromatic heterocycles. The van der Waals surface area contributed by atoms with Gasteiger partial charge in [-0.15, -0.1) is 0 Å². The van der Waals surface area contributed by atoms with Crippen molar-refractivity contribution in [3.63, 3.8) is 0 Å². The lowest BCUT2D eigenvalue weighted by Gasteiger charge is -2.13. The van der Waals surface area contributed by atoms with Crippen LogP contribution in [0.25, 0.3) is 0 Å². The summed E-state index contributed by atoms with van der Waals surface area (Å²) in [5, 5.41) is 9.65. The lowest BCUT2D eigenvalue weighted by Crippen LogP contribution is -2.17. The zero-order valence-corrected chi connectivity index (χ0v) is 16.1. The number of hydrogen-bond donors (Lipinski definition) is 3. The molecule has 3 aromatic rings. The van der Waals surface area contributed by atoms with Crippen LogP contribution in [0.15, 0.2) is 54.6 Å². The van der Waals surface area contributed by atoms with Crippen molar-refractivity contribution >= 4 is 17.8 Å². The molecule has 3 N–H and O–H groups in total. The highest BCUT2D eigenvalue weighted by Crippen LogP contribution is 2.12. The SMILES string of the molecule is CC(C)Nc1nc(NCCc2ccccc2)nc(NCc2ccc(F)cc2)n1. The lowest BCUT2D eigenvalue weighted by atomic mass is 10.1. The van der Waals surface area contributed by atoms with Gasteiger partial charge in [0.05, 0.1) is 0 Å². The summed E-state index contributed by atoms with van der Waals surface area (Å²) in [6.45, 7) is 5.26. The standard InChI is InChI=1S/C21H25FN6/c1-15(2)25-21-27-19(23-13-12-16-6-4-3-5-7-16)26-20(28-21)24-14-17-8-10-18(22)11-9-17/h3-11,15H,12-14H2,1-2H3,(H3,23,24,25,26,27,28). The normalized spacial score (nSPS) is 10.7. The van der Waals surface area contributed by atoms with E-state index in [0.29, 0.717) is 30.9 Å². The first kappa shape index (κ1) is 19.5. The van der Waals surface area contributed by atoms with Gasteiger partial charge in [0.2, 0.25) is 17.8 Å². The van der Waals surface area contributed by atoms with E-state index in [2.05, 4.69) is 43.0 Å². The van der Waals surface area contributed by atoms with Gasteiger partial charge in [-0.25, -0.2) is 4.39 Å². The van der Waals surface area contributed by atoms with Crippen LogP contribution in [0, 0.1) is 5.82 Å². The summed E-state index contributed by atoms with van der Waals surface area (Å²) in [7, 11) is 0. The van der Waals surface area contributed by atoms with E-state index >= 15 is 0 Å². The summed E-state index contributed by atoms with van der Waals surface area (Å²) in [6, 6.07) is 16.8. The average molecular weight is 380 g/mol. The molecule has 28 heavy (non-hydrogen) atoms. The second kappa shape index (κ2) is 9.64. The van der Waals surface area contributed by atoms with Gasteiger partial charge in [-0.2, -0.15) is 15.0 Å². The molecule has 146 valence electrons. The van der Waals surface area contributed by atoms with Gasteiger partial charge in [0.15, 0.2) is 0 Å². The Morgan fingerprint density at radius 3 is 2.11 bits per heavy atom. The third kappa shape index (κ3) is 6.19. The van der Waals surface area contributed by atoms with E-state index in [4.69, 9.17) is 0 Å². The maximum Gasteiger partial charge on any atom is 0.229 e. The largest absolute Gasteiger partial charge is 0.354 e. The van der Waals surface area contributed by atoms with E-state index in [1.165, 1.54) is 17.7 Å². The van der Waals surface area contributed by atoms with Gasteiger partial charge in [-0.1, -0.05) is 42.5 Å². The molecule has 2 aromatic carbocycles. The fourth-order valence-corrected chi connectivity index (χ4v) is 2.60. The zero-order chi connectivity index (χ0) is 19.8. The van der Waals surface area contributed by atoms with Crippen LogP contribution >= 0.6 is 0 Å². The topological polar surface area (TPSA) is 74.8 Å². The molecular weight excluding hydrogens is 355 g/mol. The van der Waals surface area contributed by atoms with E-state index < -0.39 is 0 Å². The van der Waals surface area contributed by atoms with Gasteiger partial charge in [0.1, 0.15) is 5.82 Å². The fourth-order valence-electron chi connectivity index (χ4n) is 2.60. The van der Waals surface area contributed by atoms with Crippen LogP contribution < -0.4 is 16.0 Å². The Bertz CT molecular complexity index is 868. The van der Waals surface area contributed by atoms with Crippen LogP contribution in [0.1, 0.15) is 25.0 Å². The monoisotopic (exact) mass is 380 g/mol. The van der Waals surface area contributed by atoms with Crippen molar-refractivity contribution < 1.29 is 4.39 Å². The molecular formula is C21H25FN6. The van der Waals surface area contributed by atoms with Gasteiger partial charge in [0.25, 0.3) is 0 Å². The second-order valence-electron chi connectivity index (χ2n) is 6.75. The smallest absolute Gasteiger partial charge is 0.229 e. The van der Waals surface area contributed by atoms with Gasteiger partial charge in [-0.3, -0.25) is 0 Å². The summed E-state index contributed by atoms with van der Waals surface area (Å²) < 4.78 is 13.0. The van der Waals surface area contributed by atoms with E-state index in [-0.39, 0.29) is 11.9 Å². The first-order valence-corrected chi connectivity index (χ1v) is 9.37. The van der Waals surface area contributed by atoms with Crippen molar-refractivity contribution in [3.05, 3.63) is 71.5 Å². The Balaban J connectivity index is 1.66. The van der Waals surface area contributed by atoms with Crippen LogP contribution in [-0.4, -0.2) is 27.5 Å². The molecule has 0 atom stereocenters. The van der Waals surface area contributed by atoms with E-state index in [9.17, 15) is 4.39 Å². The average Bonchev–Trinajstić information content (AvgIpc) is 2.68. The number of anilines is 3. The molecule has 7 heteroatoms. The second-order valence-corrected chi connectivity index (χ2v) is 6.75. The molecule has 0 aliphatic carbocycles. The highest BCUT2D eigenvalue weighted by atomic mass is 19.1. The molecule has 0 saturated heterocycles. The Morgan fingerprint density at radius 1 is 0.786 bits per heavy atom. The number of nitrogens with zero attached hydrogens (tertiary/aromatic N) is 3. The Morgan fingerprint density at radius 2 is 1.43 bits per heavy atom. The number of aromatic nitrogens is 3. The highest BCUT2D eigenvalue weighted by molar-refractivity contribution is 5.43. The number of nitrogens with one attached hydrogen (secondary N) is 3. The van der Waals surface area contributed by atoms with Crippen LogP contribution in [0.3, 0.4) is 0 Å². The lowest BCUT2D eigenvalue weighted by molar-refractivity contribution is 0.627. The molecule has 0 saturated carbocycles. The molecule has 0 aliphatic heterocycles. The molecule has 0 aliphatic rings. The minimum Gasteiger partial charge on any atom is -0.354 e. The summed E-state index contributed by atoms with van der Waals surface area (Å²) in [5.41, 5.74) is 2.19. The molecule has 0 radical (unpaired) electrons. The van der Waals surface area contributed by atoms with Crippen LogP contribution in [0.5, 0.6) is 0 Å². The minimum atomic E-state index is -0.253. The summed E-state index contributed by atoms with van der Waals surface area (Å²) >= 11 is 0. The number of hydrogen-bond acceptors (Lipinski definition) is 6. The Labute approximate surface area is 164 Å². The predicted molar refractivity (Wildman–Crippen MR) is 111 cm³/mol.